The zero-order chi connectivity index (χ0) is 23.1. The summed E-state index contributed by atoms with van der Waals surface area (Å²) in [6.45, 7) is 0.148. The van der Waals surface area contributed by atoms with Crippen molar-refractivity contribution < 1.29 is 28.3 Å². The Morgan fingerprint density at radius 1 is 0.848 bits per heavy atom. The van der Waals surface area contributed by atoms with Gasteiger partial charge in [-0.3, -0.25) is 24.1 Å². The number of benzene rings is 2. The third-order valence-electron chi connectivity index (χ3n) is 6.42. The molecule has 0 unspecified atom stereocenters. The standard InChI is InChI=1S/C25H21FN2O5/c26-16-5-7-17(8-6-16)27-14-15(13-22(27)29)25(32)33-19-11-9-18(10-12-19)28-23(30)20-3-1-2-4-21(20)24(28)31/h1-2,5-12,15,20-21H,3-4,13-14H2/t15-,20-,21-/m1/s1. The largest absolute Gasteiger partial charge is 0.426 e. The van der Waals surface area contributed by atoms with Crippen LogP contribution in [0.15, 0.2) is 60.7 Å². The molecule has 2 aromatic carbocycles. The van der Waals surface area contributed by atoms with Crippen molar-refractivity contribution in [3.63, 3.8) is 0 Å². The minimum atomic E-state index is -0.653. The van der Waals surface area contributed by atoms with Gasteiger partial charge in [0.25, 0.3) is 0 Å². The van der Waals surface area contributed by atoms with E-state index in [4.69, 9.17) is 4.74 Å². The molecule has 8 heteroatoms. The van der Waals surface area contributed by atoms with Crippen LogP contribution < -0.4 is 14.5 Å². The molecule has 2 fully saturated rings. The maximum atomic E-state index is 13.1. The predicted molar refractivity (Wildman–Crippen MR) is 117 cm³/mol. The lowest BCUT2D eigenvalue weighted by atomic mass is 9.85. The second-order valence-electron chi connectivity index (χ2n) is 8.46. The van der Waals surface area contributed by atoms with Crippen LogP contribution in [0.25, 0.3) is 0 Å². The van der Waals surface area contributed by atoms with Crippen LogP contribution in [0.2, 0.25) is 0 Å². The number of carbonyl (C=O) groups excluding carboxylic acids is 4. The molecular weight excluding hydrogens is 427 g/mol. The average Bonchev–Trinajstić information content (AvgIpc) is 3.33. The summed E-state index contributed by atoms with van der Waals surface area (Å²) in [6.07, 6.45) is 5.00. The summed E-state index contributed by atoms with van der Waals surface area (Å²) in [5.41, 5.74) is 0.967. The van der Waals surface area contributed by atoms with Gasteiger partial charge in [0.2, 0.25) is 17.7 Å². The number of rotatable bonds is 4. The van der Waals surface area contributed by atoms with Crippen molar-refractivity contribution in [2.45, 2.75) is 19.3 Å². The number of hydrogen-bond acceptors (Lipinski definition) is 5. The Balaban J connectivity index is 1.24. The van der Waals surface area contributed by atoms with Crippen LogP contribution in [0.5, 0.6) is 5.75 Å². The molecule has 0 radical (unpaired) electrons. The summed E-state index contributed by atoms with van der Waals surface area (Å²) in [5, 5.41) is 0. The van der Waals surface area contributed by atoms with Crippen molar-refractivity contribution in [1.29, 1.82) is 0 Å². The van der Waals surface area contributed by atoms with E-state index in [1.165, 1.54) is 46.2 Å². The summed E-state index contributed by atoms with van der Waals surface area (Å²) in [5.74, 6) is -2.62. The van der Waals surface area contributed by atoms with Gasteiger partial charge in [-0.1, -0.05) is 12.2 Å². The van der Waals surface area contributed by atoms with E-state index in [-0.39, 0.29) is 48.3 Å². The number of ether oxygens (including phenoxy) is 1. The van der Waals surface area contributed by atoms with Crippen molar-refractivity contribution in [1.82, 2.24) is 0 Å². The molecule has 0 aromatic heterocycles. The highest BCUT2D eigenvalue weighted by molar-refractivity contribution is 6.22. The topological polar surface area (TPSA) is 84.0 Å². The molecule has 2 heterocycles. The number of imide groups is 1. The second kappa shape index (κ2) is 8.27. The molecule has 168 valence electrons. The van der Waals surface area contributed by atoms with Gasteiger partial charge in [-0.2, -0.15) is 0 Å². The van der Waals surface area contributed by atoms with E-state index in [1.807, 2.05) is 12.2 Å². The summed E-state index contributed by atoms with van der Waals surface area (Å²) in [4.78, 5) is 53.0. The zero-order valence-electron chi connectivity index (χ0n) is 17.6. The molecule has 3 amide bonds. The number of halogens is 1. The number of allylic oxidation sites excluding steroid dienone is 2. The number of fused-ring (bicyclic) bond motifs is 1. The Morgan fingerprint density at radius 2 is 1.42 bits per heavy atom. The molecule has 2 saturated heterocycles. The van der Waals surface area contributed by atoms with Gasteiger partial charge in [-0.15, -0.1) is 0 Å². The van der Waals surface area contributed by atoms with Gasteiger partial charge >= 0.3 is 5.97 Å². The minimum absolute atomic E-state index is 0.00187. The van der Waals surface area contributed by atoms with Crippen molar-refractivity contribution in [2.24, 2.45) is 17.8 Å². The highest BCUT2D eigenvalue weighted by Gasteiger charge is 2.47. The number of anilines is 2. The molecule has 3 atom stereocenters. The molecule has 2 aromatic rings. The molecule has 0 spiro atoms. The van der Waals surface area contributed by atoms with E-state index in [9.17, 15) is 23.6 Å². The third-order valence-corrected chi connectivity index (χ3v) is 6.42. The minimum Gasteiger partial charge on any atom is -0.426 e. The monoisotopic (exact) mass is 448 g/mol. The van der Waals surface area contributed by atoms with E-state index in [1.54, 1.807) is 12.1 Å². The summed E-state index contributed by atoms with van der Waals surface area (Å²) >= 11 is 0. The predicted octanol–water partition coefficient (Wildman–Crippen LogP) is 3.24. The molecule has 0 saturated carbocycles. The third kappa shape index (κ3) is 3.82. The first-order valence-electron chi connectivity index (χ1n) is 10.8. The molecule has 33 heavy (non-hydrogen) atoms. The van der Waals surface area contributed by atoms with Crippen molar-refractivity contribution in [3.8, 4) is 5.75 Å². The second-order valence-corrected chi connectivity index (χ2v) is 8.46. The molecule has 7 nitrogen and oxygen atoms in total. The zero-order valence-corrected chi connectivity index (χ0v) is 17.6. The fraction of sp³-hybridized carbons (Fsp3) is 0.280. The Bertz CT molecular complexity index is 1130. The molecule has 3 aliphatic rings. The highest BCUT2D eigenvalue weighted by Crippen LogP contribution is 2.38. The van der Waals surface area contributed by atoms with Crippen LogP contribution in [0.4, 0.5) is 15.8 Å². The SMILES string of the molecule is O=C(Oc1ccc(N2C(=O)[C@@H]3CC=CC[C@H]3C2=O)cc1)[C@@H]1CC(=O)N(c2ccc(F)cc2)C1. The molecule has 5 rings (SSSR count). The molecular formula is C25H21FN2O5. The van der Waals surface area contributed by atoms with Crippen LogP contribution >= 0.6 is 0 Å². The van der Waals surface area contributed by atoms with Crippen LogP contribution in [0.1, 0.15) is 19.3 Å². The van der Waals surface area contributed by atoms with Crippen LogP contribution in [-0.2, 0) is 19.2 Å². The Labute approximate surface area is 189 Å². The Morgan fingerprint density at radius 3 is 2.03 bits per heavy atom. The summed E-state index contributed by atoms with van der Waals surface area (Å²) < 4.78 is 18.6. The number of amides is 3. The van der Waals surface area contributed by atoms with Gasteiger partial charge in [0.05, 0.1) is 23.4 Å². The lowest BCUT2D eigenvalue weighted by Crippen LogP contribution is -2.30. The van der Waals surface area contributed by atoms with E-state index < -0.39 is 17.7 Å². The van der Waals surface area contributed by atoms with E-state index >= 15 is 0 Å². The van der Waals surface area contributed by atoms with Crippen LogP contribution in [-0.4, -0.2) is 30.2 Å². The smallest absolute Gasteiger partial charge is 0.316 e. The number of esters is 1. The molecule has 0 bridgehead atoms. The summed E-state index contributed by atoms with van der Waals surface area (Å²) in [7, 11) is 0. The van der Waals surface area contributed by atoms with Gasteiger partial charge < -0.3 is 9.64 Å². The average molecular weight is 448 g/mol. The molecule has 2 aliphatic heterocycles. The normalized spacial score (nSPS) is 24.4. The van der Waals surface area contributed by atoms with Gasteiger partial charge in [0.15, 0.2) is 0 Å². The fourth-order valence-corrected chi connectivity index (χ4v) is 4.65. The van der Waals surface area contributed by atoms with Crippen LogP contribution in [0, 0.1) is 23.6 Å². The first-order chi connectivity index (χ1) is 15.9. The molecule has 0 N–H and O–H groups in total. The van der Waals surface area contributed by atoms with E-state index in [2.05, 4.69) is 0 Å². The number of nitrogens with zero attached hydrogens (tertiary/aromatic N) is 2. The lowest BCUT2D eigenvalue weighted by molar-refractivity contribution is -0.139. The Hall–Kier alpha value is -3.81. The van der Waals surface area contributed by atoms with Gasteiger partial charge in [-0.05, 0) is 61.4 Å². The van der Waals surface area contributed by atoms with Gasteiger partial charge in [0, 0.05) is 18.7 Å². The maximum Gasteiger partial charge on any atom is 0.316 e. The van der Waals surface area contributed by atoms with Crippen LogP contribution in [0.3, 0.4) is 0 Å². The molecule has 1 aliphatic carbocycles. The van der Waals surface area contributed by atoms with E-state index in [0.29, 0.717) is 24.2 Å². The lowest BCUT2D eigenvalue weighted by Gasteiger charge is -2.17. The first-order valence-corrected chi connectivity index (χ1v) is 10.8. The fourth-order valence-electron chi connectivity index (χ4n) is 4.65. The van der Waals surface area contributed by atoms with Crippen molar-refractivity contribution in [2.75, 3.05) is 16.3 Å². The van der Waals surface area contributed by atoms with E-state index in [0.717, 1.165) is 0 Å². The Kier molecular flexibility index (Phi) is 5.28. The summed E-state index contributed by atoms with van der Waals surface area (Å²) in [6, 6.07) is 11.7. The number of hydrogen-bond donors (Lipinski definition) is 0. The highest BCUT2D eigenvalue weighted by atomic mass is 19.1. The van der Waals surface area contributed by atoms with Gasteiger partial charge in [-0.25, -0.2) is 4.39 Å². The maximum absolute atomic E-state index is 13.1. The van der Waals surface area contributed by atoms with Gasteiger partial charge in [0.1, 0.15) is 11.6 Å². The first kappa shape index (κ1) is 21.1. The quantitative estimate of drug-likeness (QED) is 0.310. The van der Waals surface area contributed by atoms with Crippen molar-refractivity contribution >= 4 is 35.1 Å². The van der Waals surface area contributed by atoms with Crippen molar-refractivity contribution in [3.05, 3.63) is 66.5 Å². The number of carbonyl (C=O) groups is 4.